The summed E-state index contributed by atoms with van der Waals surface area (Å²) in [6.07, 6.45) is 1.25. The molecule has 1 saturated heterocycles. The van der Waals surface area contributed by atoms with Gasteiger partial charge in [-0.3, -0.25) is 9.59 Å². The molecule has 0 saturated carbocycles. The van der Waals surface area contributed by atoms with Gasteiger partial charge in [0, 0.05) is 19.6 Å². The predicted octanol–water partition coefficient (Wildman–Crippen LogP) is 0.407. The first-order valence-electron chi connectivity index (χ1n) is 6.86. The highest BCUT2D eigenvalue weighted by atomic mass is 16.4. The lowest BCUT2D eigenvalue weighted by Gasteiger charge is -2.22. The number of carbonyl (C=O) groups is 3. The minimum Gasteiger partial charge on any atom is -0.481 e. The van der Waals surface area contributed by atoms with Gasteiger partial charge in [-0.15, -0.1) is 0 Å². The fourth-order valence-corrected chi connectivity index (χ4v) is 2.05. The smallest absolute Gasteiger partial charge is 0.318 e. The van der Waals surface area contributed by atoms with Gasteiger partial charge in [-0.1, -0.05) is 6.92 Å². The fraction of sp³-hybridized carbons (Fsp3) is 0.769. The number of hydrogen-bond donors (Lipinski definition) is 3. The highest BCUT2D eigenvalue weighted by Crippen LogP contribution is 2.29. The maximum atomic E-state index is 12.0. The summed E-state index contributed by atoms with van der Waals surface area (Å²) in [5, 5.41) is 14.4. The van der Waals surface area contributed by atoms with Crippen LogP contribution in [0.5, 0.6) is 0 Å². The van der Waals surface area contributed by atoms with E-state index in [0.29, 0.717) is 19.5 Å². The summed E-state index contributed by atoms with van der Waals surface area (Å²) in [5.41, 5.74) is -0.898. The molecule has 1 aliphatic heterocycles. The van der Waals surface area contributed by atoms with E-state index in [1.165, 1.54) is 4.90 Å². The molecule has 0 bridgehead atoms. The Kier molecular flexibility index (Phi) is 5.35. The van der Waals surface area contributed by atoms with Crippen LogP contribution in [0.2, 0.25) is 0 Å². The molecule has 0 aliphatic carbocycles. The number of hydrogen-bond acceptors (Lipinski definition) is 3. The molecule has 114 valence electrons. The molecule has 7 heteroatoms. The van der Waals surface area contributed by atoms with Gasteiger partial charge in [-0.2, -0.15) is 0 Å². The Hall–Kier alpha value is -1.79. The van der Waals surface area contributed by atoms with E-state index >= 15 is 0 Å². The monoisotopic (exact) mass is 285 g/mol. The van der Waals surface area contributed by atoms with Gasteiger partial charge in [0.15, 0.2) is 0 Å². The minimum absolute atomic E-state index is 0.164. The summed E-state index contributed by atoms with van der Waals surface area (Å²) in [5.74, 6) is -1.14. The van der Waals surface area contributed by atoms with E-state index in [2.05, 4.69) is 10.6 Å². The second kappa shape index (κ2) is 6.58. The molecule has 0 aromatic carbocycles. The van der Waals surface area contributed by atoms with E-state index in [9.17, 15) is 14.4 Å². The second-order valence-corrected chi connectivity index (χ2v) is 5.50. The van der Waals surface area contributed by atoms with Crippen molar-refractivity contribution in [1.29, 1.82) is 0 Å². The average molecular weight is 285 g/mol. The van der Waals surface area contributed by atoms with E-state index in [0.717, 1.165) is 6.42 Å². The number of rotatable bonds is 5. The summed E-state index contributed by atoms with van der Waals surface area (Å²) in [7, 11) is 0. The van der Waals surface area contributed by atoms with Crippen LogP contribution < -0.4 is 10.6 Å². The number of likely N-dealkylation sites (tertiary alicyclic amines) is 1. The SMILES string of the molecule is CCCNC(=O)C(C)NC(=O)N1CCC(C)(C(=O)O)C1. The standard InChI is InChI=1S/C13H23N3O4/c1-4-6-14-10(17)9(2)15-12(20)16-7-5-13(3,8-16)11(18)19/h9H,4-8H2,1-3H3,(H,14,17)(H,15,20)(H,18,19). The van der Waals surface area contributed by atoms with Crippen LogP contribution in [-0.2, 0) is 9.59 Å². The second-order valence-electron chi connectivity index (χ2n) is 5.50. The molecule has 1 heterocycles. The lowest BCUT2D eigenvalue weighted by Crippen LogP contribution is -2.50. The van der Waals surface area contributed by atoms with Crippen LogP contribution >= 0.6 is 0 Å². The quantitative estimate of drug-likeness (QED) is 0.681. The first-order valence-corrected chi connectivity index (χ1v) is 6.86. The Morgan fingerprint density at radius 1 is 1.40 bits per heavy atom. The Morgan fingerprint density at radius 2 is 2.05 bits per heavy atom. The van der Waals surface area contributed by atoms with E-state index in [-0.39, 0.29) is 12.5 Å². The molecule has 1 rings (SSSR count). The van der Waals surface area contributed by atoms with Crippen molar-refractivity contribution in [2.75, 3.05) is 19.6 Å². The van der Waals surface area contributed by atoms with Crippen molar-refractivity contribution in [3.05, 3.63) is 0 Å². The van der Waals surface area contributed by atoms with Crippen LogP contribution in [0.3, 0.4) is 0 Å². The first kappa shape index (κ1) is 16.3. The molecule has 3 N–H and O–H groups in total. The largest absolute Gasteiger partial charge is 0.481 e. The maximum absolute atomic E-state index is 12.0. The summed E-state index contributed by atoms with van der Waals surface area (Å²) in [4.78, 5) is 36.2. The molecular weight excluding hydrogens is 262 g/mol. The van der Waals surface area contributed by atoms with Gasteiger partial charge in [-0.05, 0) is 26.7 Å². The molecule has 1 fully saturated rings. The van der Waals surface area contributed by atoms with Crippen LogP contribution in [0.4, 0.5) is 4.79 Å². The van der Waals surface area contributed by atoms with Gasteiger partial charge in [-0.25, -0.2) is 4.79 Å². The molecular formula is C13H23N3O4. The third-order valence-corrected chi connectivity index (χ3v) is 3.56. The molecule has 20 heavy (non-hydrogen) atoms. The van der Waals surface area contributed by atoms with Gasteiger partial charge < -0.3 is 20.6 Å². The van der Waals surface area contributed by atoms with Crippen molar-refractivity contribution in [3.8, 4) is 0 Å². The highest BCUT2D eigenvalue weighted by molar-refractivity contribution is 5.87. The Bertz CT molecular complexity index is 399. The lowest BCUT2D eigenvalue weighted by atomic mass is 9.90. The number of carboxylic acids is 1. The van der Waals surface area contributed by atoms with Crippen molar-refractivity contribution in [2.24, 2.45) is 5.41 Å². The number of carbonyl (C=O) groups excluding carboxylic acids is 2. The highest BCUT2D eigenvalue weighted by Gasteiger charge is 2.42. The number of amides is 3. The summed E-state index contributed by atoms with van der Waals surface area (Å²) in [6, 6.07) is -1.03. The average Bonchev–Trinajstić information content (AvgIpc) is 2.80. The zero-order valence-electron chi connectivity index (χ0n) is 12.2. The van der Waals surface area contributed by atoms with Crippen LogP contribution in [-0.4, -0.2) is 53.6 Å². The molecule has 0 aromatic heterocycles. The fourth-order valence-electron chi connectivity index (χ4n) is 2.05. The number of nitrogens with one attached hydrogen (secondary N) is 2. The molecule has 0 spiro atoms. The zero-order valence-corrected chi connectivity index (χ0v) is 12.2. The van der Waals surface area contributed by atoms with E-state index in [4.69, 9.17) is 5.11 Å². The van der Waals surface area contributed by atoms with Crippen LogP contribution in [0.25, 0.3) is 0 Å². The number of carboxylic acid groups (broad SMARTS) is 1. The number of aliphatic carboxylic acids is 1. The van der Waals surface area contributed by atoms with E-state index in [1.807, 2.05) is 6.92 Å². The van der Waals surface area contributed by atoms with Crippen LogP contribution in [0.1, 0.15) is 33.6 Å². The number of urea groups is 1. The Balaban J connectivity index is 2.48. The van der Waals surface area contributed by atoms with Gasteiger partial charge in [0.1, 0.15) is 6.04 Å². The Labute approximate surface area is 118 Å². The van der Waals surface area contributed by atoms with Gasteiger partial charge in [0.05, 0.1) is 5.41 Å². The predicted molar refractivity (Wildman–Crippen MR) is 73.2 cm³/mol. The maximum Gasteiger partial charge on any atom is 0.318 e. The molecule has 2 unspecified atom stereocenters. The summed E-state index contributed by atoms with van der Waals surface area (Å²) < 4.78 is 0. The van der Waals surface area contributed by atoms with Crippen molar-refractivity contribution < 1.29 is 19.5 Å². The third-order valence-electron chi connectivity index (χ3n) is 3.56. The minimum atomic E-state index is -0.901. The van der Waals surface area contributed by atoms with Crippen molar-refractivity contribution in [1.82, 2.24) is 15.5 Å². The lowest BCUT2D eigenvalue weighted by molar-refractivity contribution is -0.147. The molecule has 1 aliphatic rings. The normalized spacial score (nSPS) is 23.2. The molecule has 7 nitrogen and oxygen atoms in total. The zero-order chi connectivity index (χ0) is 15.3. The van der Waals surface area contributed by atoms with Crippen LogP contribution in [0.15, 0.2) is 0 Å². The van der Waals surface area contributed by atoms with E-state index in [1.54, 1.807) is 13.8 Å². The number of nitrogens with zero attached hydrogens (tertiary/aromatic N) is 1. The topological polar surface area (TPSA) is 98.7 Å². The Morgan fingerprint density at radius 3 is 2.55 bits per heavy atom. The van der Waals surface area contributed by atoms with Crippen molar-refractivity contribution >= 4 is 17.9 Å². The molecule has 2 atom stereocenters. The van der Waals surface area contributed by atoms with Gasteiger partial charge in [0.2, 0.25) is 5.91 Å². The van der Waals surface area contributed by atoms with Gasteiger partial charge >= 0.3 is 12.0 Å². The molecule has 0 radical (unpaired) electrons. The van der Waals surface area contributed by atoms with Crippen LogP contribution in [0, 0.1) is 5.41 Å². The third kappa shape index (κ3) is 3.85. The van der Waals surface area contributed by atoms with Gasteiger partial charge in [0.25, 0.3) is 0 Å². The summed E-state index contributed by atoms with van der Waals surface area (Å²) in [6.45, 7) is 6.30. The summed E-state index contributed by atoms with van der Waals surface area (Å²) >= 11 is 0. The molecule has 0 aromatic rings. The molecule has 3 amide bonds. The first-order chi connectivity index (χ1) is 9.30. The van der Waals surface area contributed by atoms with E-state index < -0.39 is 23.5 Å². The van der Waals surface area contributed by atoms with Crippen molar-refractivity contribution in [3.63, 3.8) is 0 Å². The van der Waals surface area contributed by atoms with Crippen molar-refractivity contribution in [2.45, 2.75) is 39.7 Å².